The van der Waals surface area contributed by atoms with Crippen LogP contribution in [0.25, 0.3) is 0 Å². The Morgan fingerprint density at radius 2 is 2.29 bits per heavy atom. The van der Waals surface area contributed by atoms with E-state index in [1.807, 2.05) is 0 Å². The van der Waals surface area contributed by atoms with Crippen molar-refractivity contribution in [2.45, 2.75) is 26.2 Å². The Bertz CT molecular complexity index is 472. The lowest BCUT2D eigenvalue weighted by Crippen LogP contribution is -2.32. The summed E-state index contributed by atoms with van der Waals surface area (Å²) in [5.74, 6) is 0.0376. The number of aliphatic hydroxyl groups is 1. The molecule has 21 heavy (non-hydrogen) atoms. The molecule has 5 heteroatoms. The molecule has 0 aromatic heterocycles. The molecule has 1 heterocycles. The zero-order valence-corrected chi connectivity index (χ0v) is 13.2. The van der Waals surface area contributed by atoms with E-state index in [0.29, 0.717) is 12.4 Å². The normalized spacial score (nSPS) is 22.7. The third-order valence-corrected chi connectivity index (χ3v) is 4.51. The topological polar surface area (TPSA) is 32.7 Å². The maximum Gasteiger partial charge on any atom is 0.145 e. The van der Waals surface area contributed by atoms with Gasteiger partial charge in [-0.25, -0.2) is 4.39 Å². The second-order valence-corrected chi connectivity index (χ2v) is 6.27. The van der Waals surface area contributed by atoms with E-state index in [-0.39, 0.29) is 17.0 Å². The summed E-state index contributed by atoms with van der Waals surface area (Å²) >= 11 is 5.63. The summed E-state index contributed by atoms with van der Waals surface area (Å²) in [5, 5.41) is 9.72. The smallest absolute Gasteiger partial charge is 0.145 e. The highest BCUT2D eigenvalue weighted by molar-refractivity contribution is 6.30. The molecule has 3 nitrogen and oxygen atoms in total. The molecule has 0 spiro atoms. The summed E-state index contributed by atoms with van der Waals surface area (Å²) in [7, 11) is 0. The first-order valence-corrected chi connectivity index (χ1v) is 7.87. The highest BCUT2D eigenvalue weighted by Gasteiger charge is 2.36. The molecule has 1 aliphatic rings. The Hall–Kier alpha value is -0.840. The SMILES string of the molecule is CCCC1(CO)CCN(CCOc2ccc(Cl)c(F)c2)C1. The minimum absolute atomic E-state index is 0.0567. The zero-order valence-electron chi connectivity index (χ0n) is 12.4. The molecule has 1 unspecified atom stereocenters. The standard InChI is InChI=1S/C16H23ClFNO2/c1-2-5-16(12-20)6-7-19(11-16)8-9-21-13-3-4-14(17)15(18)10-13/h3-4,10,20H,2,5-9,11-12H2,1H3. The highest BCUT2D eigenvalue weighted by atomic mass is 35.5. The second-order valence-electron chi connectivity index (χ2n) is 5.86. The van der Waals surface area contributed by atoms with Gasteiger partial charge in [-0.1, -0.05) is 24.9 Å². The van der Waals surface area contributed by atoms with Crippen molar-refractivity contribution in [3.8, 4) is 5.75 Å². The van der Waals surface area contributed by atoms with Crippen molar-refractivity contribution < 1.29 is 14.2 Å². The van der Waals surface area contributed by atoms with E-state index in [2.05, 4.69) is 11.8 Å². The Morgan fingerprint density at radius 1 is 1.48 bits per heavy atom. The fourth-order valence-electron chi connectivity index (χ4n) is 3.02. The van der Waals surface area contributed by atoms with Gasteiger partial charge in [0.05, 0.1) is 5.02 Å². The van der Waals surface area contributed by atoms with Crippen molar-refractivity contribution in [1.29, 1.82) is 0 Å². The summed E-state index contributed by atoms with van der Waals surface area (Å²) in [6.45, 7) is 5.60. The summed E-state index contributed by atoms with van der Waals surface area (Å²) < 4.78 is 18.9. The fourth-order valence-corrected chi connectivity index (χ4v) is 3.14. The second kappa shape index (κ2) is 7.43. The van der Waals surface area contributed by atoms with E-state index in [0.717, 1.165) is 38.9 Å². The van der Waals surface area contributed by atoms with Crippen LogP contribution < -0.4 is 4.74 Å². The largest absolute Gasteiger partial charge is 0.492 e. The van der Waals surface area contributed by atoms with Crippen LogP contribution in [0, 0.1) is 11.2 Å². The van der Waals surface area contributed by atoms with E-state index in [9.17, 15) is 9.50 Å². The molecule has 0 amide bonds. The van der Waals surface area contributed by atoms with Gasteiger partial charge in [0.1, 0.15) is 18.2 Å². The van der Waals surface area contributed by atoms with Crippen LogP contribution in [-0.2, 0) is 0 Å². The van der Waals surface area contributed by atoms with E-state index in [4.69, 9.17) is 16.3 Å². The van der Waals surface area contributed by atoms with Crippen LogP contribution in [0.15, 0.2) is 18.2 Å². The van der Waals surface area contributed by atoms with Gasteiger partial charge in [-0.05, 0) is 31.5 Å². The first-order chi connectivity index (χ1) is 10.1. The van der Waals surface area contributed by atoms with Gasteiger partial charge < -0.3 is 9.84 Å². The number of benzene rings is 1. The quantitative estimate of drug-likeness (QED) is 0.837. The molecular formula is C16H23ClFNO2. The molecule has 2 rings (SSSR count). The third-order valence-electron chi connectivity index (χ3n) is 4.20. The van der Waals surface area contributed by atoms with Crippen LogP contribution in [0.3, 0.4) is 0 Å². The molecule has 1 aromatic rings. The lowest BCUT2D eigenvalue weighted by atomic mass is 9.83. The Kier molecular flexibility index (Phi) is 5.85. The van der Waals surface area contributed by atoms with E-state index >= 15 is 0 Å². The van der Waals surface area contributed by atoms with E-state index in [1.165, 1.54) is 12.1 Å². The fraction of sp³-hybridized carbons (Fsp3) is 0.625. The molecule has 1 saturated heterocycles. The highest BCUT2D eigenvalue weighted by Crippen LogP contribution is 2.34. The van der Waals surface area contributed by atoms with Gasteiger partial charge >= 0.3 is 0 Å². The Balaban J connectivity index is 1.78. The summed E-state index contributed by atoms with van der Waals surface area (Å²) in [4.78, 5) is 2.30. The molecule has 0 bridgehead atoms. The van der Waals surface area contributed by atoms with Crippen LogP contribution in [0.4, 0.5) is 4.39 Å². The van der Waals surface area contributed by atoms with Crippen molar-refractivity contribution in [2.24, 2.45) is 5.41 Å². The van der Waals surface area contributed by atoms with Crippen molar-refractivity contribution >= 4 is 11.6 Å². The summed E-state index contributed by atoms with van der Waals surface area (Å²) in [6, 6.07) is 4.48. The maximum atomic E-state index is 13.3. The maximum absolute atomic E-state index is 13.3. The predicted molar refractivity (Wildman–Crippen MR) is 82.4 cm³/mol. The average molecular weight is 316 g/mol. The van der Waals surface area contributed by atoms with E-state index in [1.54, 1.807) is 6.07 Å². The average Bonchev–Trinajstić information content (AvgIpc) is 2.87. The number of hydrogen-bond donors (Lipinski definition) is 1. The van der Waals surface area contributed by atoms with Crippen LogP contribution in [0.2, 0.25) is 5.02 Å². The number of aliphatic hydroxyl groups excluding tert-OH is 1. The monoisotopic (exact) mass is 315 g/mol. The predicted octanol–water partition coefficient (Wildman–Crippen LogP) is 3.34. The summed E-state index contributed by atoms with van der Waals surface area (Å²) in [5.41, 5.74) is 0.0567. The minimum Gasteiger partial charge on any atom is -0.492 e. The third kappa shape index (κ3) is 4.31. The van der Waals surface area contributed by atoms with Crippen molar-refractivity contribution in [3.63, 3.8) is 0 Å². The van der Waals surface area contributed by atoms with Gasteiger partial charge in [0.15, 0.2) is 0 Å². The van der Waals surface area contributed by atoms with Crippen LogP contribution in [0.5, 0.6) is 5.75 Å². The van der Waals surface area contributed by atoms with Gasteiger partial charge in [-0.2, -0.15) is 0 Å². The number of nitrogens with zero attached hydrogens (tertiary/aromatic N) is 1. The molecule has 1 N–H and O–H groups in total. The Morgan fingerprint density at radius 3 is 2.95 bits per heavy atom. The van der Waals surface area contributed by atoms with Crippen molar-refractivity contribution in [3.05, 3.63) is 29.0 Å². The molecule has 0 aliphatic carbocycles. The number of rotatable bonds is 7. The van der Waals surface area contributed by atoms with Crippen LogP contribution in [0.1, 0.15) is 26.2 Å². The van der Waals surface area contributed by atoms with Gasteiger partial charge in [-0.3, -0.25) is 4.90 Å². The van der Waals surface area contributed by atoms with Crippen LogP contribution >= 0.6 is 11.6 Å². The lowest BCUT2D eigenvalue weighted by molar-refractivity contribution is 0.115. The number of ether oxygens (including phenoxy) is 1. The first-order valence-electron chi connectivity index (χ1n) is 7.50. The summed E-state index contributed by atoms with van der Waals surface area (Å²) in [6.07, 6.45) is 3.19. The minimum atomic E-state index is -0.461. The number of likely N-dealkylation sites (tertiary alicyclic amines) is 1. The number of hydrogen-bond acceptors (Lipinski definition) is 3. The van der Waals surface area contributed by atoms with E-state index < -0.39 is 5.82 Å². The molecule has 0 radical (unpaired) electrons. The van der Waals surface area contributed by atoms with Gasteiger partial charge in [-0.15, -0.1) is 0 Å². The Labute approximate surface area is 130 Å². The first kappa shape index (κ1) is 16.5. The molecular weight excluding hydrogens is 293 g/mol. The van der Waals surface area contributed by atoms with Crippen LogP contribution in [-0.4, -0.2) is 42.9 Å². The van der Waals surface area contributed by atoms with Crippen molar-refractivity contribution in [2.75, 3.05) is 32.8 Å². The van der Waals surface area contributed by atoms with Gasteiger partial charge in [0.25, 0.3) is 0 Å². The lowest BCUT2D eigenvalue weighted by Gasteiger charge is -2.26. The zero-order chi connectivity index (χ0) is 15.3. The molecule has 1 aromatic carbocycles. The molecule has 1 fully saturated rings. The van der Waals surface area contributed by atoms with Gasteiger partial charge in [0.2, 0.25) is 0 Å². The van der Waals surface area contributed by atoms with Gasteiger partial charge in [0, 0.05) is 31.2 Å². The molecule has 0 saturated carbocycles. The molecule has 1 atom stereocenters. The molecule has 1 aliphatic heterocycles. The van der Waals surface area contributed by atoms with Crippen molar-refractivity contribution in [1.82, 2.24) is 4.90 Å². The molecule has 118 valence electrons. The number of halogens is 2.